The lowest BCUT2D eigenvalue weighted by Crippen LogP contribution is -2.18. The highest BCUT2D eigenvalue weighted by Gasteiger charge is 2.07. The molecule has 0 radical (unpaired) electrons. The molecule has 0 fully saturated rings. The van der Waals surface area contributed by atoms with E-state index in [9.17, 15) is 4.79 Å². The Morgan fingerprint density at radius 2 is 2.25 bits per heavy atom. The molecule has 0 aliphatic carbocycles. The van der Waals surface area contributed by atoms with Crippen molar-refractivity contribution in [3.63, 3.8) is 0 Å². The van der Waals surface area contributed by atoms with Crippen molar-refractivity contribution in [2.75, 3.05) is 24.6 Å². The number of nitrogens with zero attached hydrogens (tertiary/aromatic N) is 2. The molecule has 1 aromatic heterocycles. The molecule has 0 spiro atoms. The molecule has 4 N–H and O–H groups in total. The normalized spacial score (nSPS) is 10.3. The molecule has 0 aliphatic heterocycles. The number of hydrogen-bond acceptors (Lipinski definition) is 6. The Kier molecular flexibility index (Phi) is 4.19. The van der Waals surface area contributed by atoms with Gasteiger partial charge in [0.25, 0.3) is 5.91 Å². The molecule has 0 unspecified atom stereocenters. The van der Waals surface area contributed by atoms with Crippen LogP contribution in [0.25, 0.3) is 0 Å². The minimum absolute atomic E-state index is 0.162. The number of nitrogens with one attached hydrogen (secondary N) is 2. The molecule has 1 aromatic carbocycles. The average Bonchev–Trinajstić information content (AvgIpc) is 2.85. The van der Waals surface area contributed by atoms with Gasteiger partial charge >= 0.3 is 0 Å². The Balaban J connectivity index is 1.94. The van der Waals surface area contributed by atoms with E-state index in [4.69, 9.17) is 10.3 Å². The maximum absolute atomic E-state index is 11.5. The Morgan fingerprint density at radius 1 is 1.45 bits per heavy atom. The number of anilines is 2. The van der Waals surface area contributed by atoms with E-state index >= 15 is 0 Å². The largest absolute Gasteiger partial charge is 0.397 e. The van der Waals surface area contributed by atoms with Crippen molar-refractivity contribution in [2.45, 2.75) is 13.3 Å². The molecule has 0 saturated carbocycles. The third kappa shape index (κ3) is 3.25. The van der Waals surface area contributed by atoms with Crippen LogP contribution >= 0.6 is 0 Å². The van der Waals surface area contributed by atoms with Crippen LogP contribution in [-0.2, 0) is 6.42 Å². The van der Waals surface area contributed by atoms with E-state index in [1.165, 1.54) is 0 Å². The summed E-state index contributed by atoms with van der Waals surface area (Å²) >= 11 is 0. The summed E-state index contributed by atoms with van der Waals surface area (Å²) in [6.07, 6.45) is 0.633. The lowest BCUT2D eigenvalue weighted by Gasteiger charge is -2.09. The van der Waals surface area contributed by atoms with Crippen molar-refractivity contribution in [2.24, 2.45) is 0 Å². The number of nitrogen functional groups attached to an aromatic ring is 1. The first-order chi connectivity index (χ1) is 9.60. The van der Waals surface area contributed by atoms with Gasteiger partial charge in [-0.3, -0.25) is 4.79 Å². The monoisotopic (exact) mass is 275 g/mol. The van der Waals surface area contributed by atoms with Gasteiger partial charge in [-0.05, 0) is 18.2 Å². The first-order valence-corrected chi connectivity index (χ1v) is 6.25. The Morgan fingerprint density at radius 3 is 2.85 bits per heavy atom. The molecule has 20 heavy (non-hydrogen) atoms. The lowest BCUT2D eigenvalue weighted by atomic mass is 10.1. The number of rotatable bonds is 5. The van der Waals surface area contributed by atoms with Gasteiger partial charge in [0.2, 0.25) is 5.89 Å². The van der Waals surface area contributed by atoms with Gasteiger partial charge in [0.1, 0.15) is 0 Å². The first-order valence-electron chi connectivity index (χ1n) is 6.25. The molecule has 7 nitrogen and oxygen atoms in total. The van der Waals surface area contributed by atoms with E-state index in [0.717, 1.165) is 5.69 Å². The maximum atomic E-state index is 11.5. The van der Waals surface area contributed by atoms with E-state index in [2.05, 4.69) is 20.8 Å². The van der Waals surface area contributed by atoms with Crippen molar-refractivity contribution in [1.29, 1.82) is 0 Å². The van der Waals surface area contributed by atoms with Gasteiger partial charge in [-0.25, -0.2) is 0 Å². The molecule has 1 amide bonds. The topological polar surface area (TPSA) is 106 Å². The van der Waals surface area contributed by atoms with E-state index in [1.54, 1.807) is 32.2 Å². The SMILES string of the molecule is CNC(=O)c1ccc(NCCc2noc(C)n2)c(N)c1. The highest BCUT2D eigenvalue weighted by Crippen LogP contribution is 2.19. The van der Waals surface area contributed by atoms with Gasteiger partial charge in [-0.1, -0.05) is 5.16 Å². The van der Waals surface area contributed by atoms with Crippen LogP contribution in [0, 0.1) is 6.92 Å². The average molecular weight is 275 g/mol. The zero-order valence-corrected chi connectivity index (χ0v) is 11.4. The Labute approximate surface area is 116 Å². The van der Waals surface area contributed by atoms with Crippen molar-refractivity contribution in [3.05, 3.63) is 35.5 Å². The molecule has 2 rings (SSSR count). The molecule has 2 aromatic rings. The summed E-state index contributed by atoms with van der Waals surface area (Å²) in [6, 6.07) is 5.14. The zero-order chi connectivity index (χ0) is 14.5. The fraction of sp³-hybridized carbons (Fsp3) is 0.308. The van der Waals surface area contributed by atoms with Crippen LogP contribution < -0.4 is 16.4 Å². The molecule has 1 heterocycles. The second-order valence-electron chi connectivity index (χ2n) is 4.29. The third-order valence-corrected chi connectivity index (χ3v) is 2.77. The molecule has 0 aliphatic rings. The van der Waals surface area contributed by atoms with Crippen LogP contribution in [0.4, 0.5) is 11.4 Å². The highest BCUT2D eigenvalue weighted by molar-refractivity contribution is 5.95. The van der Waals surface area contributed by atoms with E-state index in [1.807, 2.05) is 0 Å². The van der Waals surface area contributed by atoms with E-state index in [0.29, 0.717) is 35.9 Å². The second-order valence-corrected chi connectivity index (χ2v) is 4.29. The number of nitrogens with two attached hydrogens (primary N) is 1. The maximum Gasteiger partial charge on any atom is 0.251 e. The predicted molar refractivity (Wildman–Crippen MR) is 75.5 cm³/mol. The summed E-state index contributed by atoms with van der Waals surface area (Å²) in [6.45, 7) is 2.38. The second kappa shape index (κ2) is 6.05. The van der Waals surface area contributed by atoms with Gasteiger partial charge in [-0.15, -0.1) is 0 Å². The van der Waals surface area contributed by atoms with Crippen LogP contribution in [0.3, 0.4) is 0 Å². The lowest BCUT2D eigenvalue weighted by molar-refractivity contribution is 0.0963. The van der Waals surface area contributed by atoms with Gasteiger partial charge in [0, 0.05) is 32.5 Å². The van der Waals surface area contributed by atoms with Gasteiger partial charge in [-0.2, -0.15) is 4.98 Å². The van der Waals surface area contributed by atoms with Gasteiger partial charge in [0.15, 0.2) is 5.82 Å². The number of aromatic nitrogens is 2. The van der Waals surface area contributed by atoms with Crippen molar-refractivity contribution in [3.8, 4) is 0 Å². The van der Waals surface area contributed by atoms with Crippen molar-refractivity contribution in [1.82, 2.24) is 15.5 Å². The number of aryl methyl sites for hydroxylation is 1. The standard InChI is InChI=1S/C13H17N5O2/c1-8-17-12(18-20-8)5-6-16-11-4-3-9(7-10(11)14)13(19)15-2/h3-4,7,16H,5-6,14H2,1-2H3,(H,15,19). The summed E-state index contributed by atoms with van der Waals surface area (Å²) in [5.74, 6) is 1.04. The minimum Gasteiger partial charge on any atom is -0.397 e. The molecule has 0 atom stereocenters. The predicted octanol–water partition coefficient (Wildman–Crippen LogP) is 0.974. The summed E-state index contributed by atoms with van der Waals surface area (Å²) in [4.78, 5) is 15.6. The molecule has 0 bridgehead atoms. The van der Waals surface area contributed by atoms with Crippen LogP contribution in [0.5, 0.6) is 0 Å². The summed E-state index contributed by atoms with van der Waals surface area (Å²) in [7, 11) is 1.58. The van der Waals surface area contributed by atoms with Crippen LogP contribution in [-0.4, -0.2) is 29.6 Å². The molecular formula is C13H17N5O2. The van der Waals surface area contributed by atoms with Gasteiger partial charge < -0.3 is 20.9 Å². The van der Waals surface area contributed by atoms with E-state index < -0.39 is 0 Å². The number of carbonyl (C=O) groups excluding carboxylic acids is 1. The number of benzene rings is 1. The molecule has 7 heteroatoms. The van der Waals surface area contributed by atoms with Gasteiger partial charge in [0.05, 0.1) is 11.4 Å². The van der Waals surface area contributed by atoms with E-state index in [-0.39, 0.29) is 5.91 Å². The molecule has 106 valence electrons. The number of hydrogen-bond donors (Lipinski definition) is 3. The summed E-state index contributed by atoms with van der Waals surface area (Å²) in [5.41, 5.74) is 7.74. The number of amides is 1. The fourth-order valence-corrected chi connectivity index (χ4v) is 1.76. The summed E-state index contributed by atoms with van der Waals surface area (Å²) < 4.78 is 4.89. The minimum atomic E-state index is -0.162. The quantitative estimate of drug-likeness (QED) is 0.702. The first kappa shape index (κ1) is 13.9. The van der Waals surface area contributed by atoms with Crippen LogP contribution in [0.15, 0.2) is 22.7 Å². The Bertz CT molecular complexity index is 609. The van der Waals surface area contributed by atoms with Crippen LogP contribution in [0.1, 0.15) is 22.1 Å². The smallest absolute Gasteiger partial charge is 0.251 e. The van der Waals surface area contributed by atoms with Crippen molar-refractivity contribution < 1.29 is 9.32 Å². The number of carbonyl (C=O) groups is 1. The fourth-order valence-electron chi connectivity index (χ4n) is 1.76. The Hall–Kier alpha value is -2.57. The zero-order valence-electron chi connectivity index (χ0n) is 11.4. The third-order valence-electron chi connectivity index (χ3n) is 2.77. The highest BCUT2D eigenvalue weighted by atomic mass is 16.5. The van der Waals surface area contributed by atoms with Crippen LogP contribution in [0.2, 0.25) is 0 Å². The molecular weight excluding hydrogens is 258 g/mol. The van der Waals surface area contributed by atoms with Crippen molar-refractivity contribution >= 4 is 17.3 Å². The summed E-state index contributed by atoms with van der Waals surface area (Å²) in [5, 5.41) is 9.54. The molecule has 0 saturated heterocycles.